The van der Waals surface area contributed by atoms with Gasteiger partial charge in [-0.15, -0.1) is 0 Å². The molecule has 1 aromatic carbocycles. The summed E-state index contributed by atoms with van der Waals surface area (Å²) < 4.78 is 5.12. The summed E-state index contributed by atoms with van der Waals surface area (Å²) in [5.74, 6) is -1.24. The Morgan fingerprint density at radius 2 is 2.00 bits per heavy atom. The molecule has 2 aliphatic heterocycles. The minimum absolute atomic E-state index is 0.0204. The highest BCUT2D eigenvalue weighted by molar-refractivity contribution is 6.16. The van der Waals surface area contributed by atoms with Crippen LogP contribution in [0.15, 0.2) is 30.3 Å². The first-order valence-corrected chi connectivity index (χ1v) is 8.48. The summed E-state index contributed by atoms with van der Waals surface area (Å²) in [6.45, 7) is 3.54. The topological polar surface area (TPSA) is 96.0 Å². The van der Waals surface area contributed by atoms with E-state index in [2.05, 4.69) is 5.32 Å². The third kappa shape index (κ3) is 2.91. The summed E-state index contributed by atoms with van der Waals surface area (Å²) in [6.07, 6.45) is 0.407. The SMILES string of the molecule is CC1CCN2C(=O)C(C)(NC(=O)OCc3ccccc3)C(=O)N2C1C=O. The Labute approximate surface area is 151 Å². The van der Waals surface area contributed by atoms with Gasteiger partial charge in [-0.05, 0) is 24.8 Å². The number of rotatable bonds is 4. The summed E-state index contributed by atoms with van der Waals surface area (Å²) in [7, 11) is 0. The predicted octanol–water partition coefficient (Wildman–Crippen LogP) is 0.865. The third-order valence-corrected chi connectivity index (χ3v) is 4.92. The first-order valence-electron chi connectivity index (χ1n) is 8.48. The van der Waals surface area contributed by atoms with Gasteiger partial charge in [0.05, 0.1) is 0 Å². The Morgan fingerprint density at radius 3 is 2.65 bits per heavy atom. The highest BCUT2D eigenvalue weighted by Crippen LogP contribution is 2.33. The van der Waals surface area contributed by atoms with Crippen molar-refractivity contribution < 1.29 is 23.9 Å². The maximum atomic E-state index is 12.8. The van der Waals surface area contributed by atoms with Crippen LogP contribution < -0.4 is 5.32 Å². The number of aldehydes is 1. The minimum atomic E-state index is -1.78. The van der Waals surface area contributed by atoms with Crippen LogP contribution >= 0.6 is 0 Å². The second kappa shape index (κ2) is 6.78. The fraction of sp³-hybridized carbons (Fsp3) is 0.444. The van der Waals surface area contributed by atoms with Gasteiger partial charge in [0.2, 0.25) is 5.54 Å². The molecule has 0 radical (unpaired) electrons. The molecule has 2 aliphatic rings. The molecule has 0 bridgehead atoms. The highest BCUT2D eigenvalue weighted by atomic mass is 16.5. The maximum absolute atomic E-state index is 12.8. The van der Waals surface area contributed by atoms with Gasteiger partial charge in [-0.2, -0.15) is 0 Å². The van der Waals surface area contributed by atoms with Gasteiger partial charge in [0, 0.05) is 6.54 Å². The standard InChI is InChI=1S/C18H21N3O5/c1-12-8-9-20-15(23)18(2,16(24)21(20)14(12)10-22)19-17(25)26-11-13-6-4-3-5-7-13/h3-7,10,12,14H,8-9,11H2,1-2H3,(H,19,25). The van der Waals surface area contributed by atoms with Gasteiger partial charge in [0.1, 0.15) is 18.9 Å². The van der Waals surface area contributed by atoms with E-state index >= 15 is 0 Å². The number of alkyl carbamates (subject to hydrolysis) is 1. The summed E-state index contributed by atoms with van der Waals surface area (Å²) in [5, 5.41) is 4.80. The molecule has 3 amide bonds. The van der Waals surface area contributed by atoms with Gasteiger partial charge in [0.15, 0.2) is 0 Å². The Bertz CT molecular complexity index is 738. The van der Waals surface area contributed by atoms with Crippen LogP contribution in [0.1, 0.15) is 25.8 Å². The quantitative estimate of drug-likeness (QED) is 0.635. The molecule has 3 unspecified atom stereocenters. The van der Waals surface area contributed by atoms with Crippen molar-refractivity contribution >= 4 is 24.2 Å². The van der Waals surface area contributed by atoms with Gasteiger partial charge >= 0.3 is 6.09 Å². The van der Waals surface area contributed by atoms with Crippen LogP contribution in [0.5, 0.6) is 0 Å². The number of nitrogens with zero attached hydrogens (tertiary/aromatic N) is 2. The number of amides is 3. The van der Waals surface area contributed by atoms with Crippen molar-refractivity contribution in [3.63, 3.8) is 0 Å². The van der Waals surface area contributed by atoms with Crippen molar-refractivity contribution in [1.29, 1.82) is 0 Å². The van der Waals surface area contributed by atoms with Crippen molar-refractivity contribution in [2.24, 2.45) is 5.92 Å². The van der Waals surface area contributed by atoms with Crippen LogP contribution in [0.4, 0.5) is 4.79 Å². The molecule has 26 heavy (non-hydrogen) atoms. The number of ether oxygens (including phenoxy) is 1. The van der Waals surface area contributed by atoms with Crippen LogP contribution in [0.2, 0.25) is 0 Å². The molecule has 0 saturated carbocycles. The number of hydrogen-bond acceptors (Lipinski definition) is 5. The van der Waals surface area contributed by atoms with E-state index in [0.29, 0.717) is 19.3 Å². The van der Waals surface area contributed by atoms with E-state index in [1.807, 2.05) is 25.1 Å². The number of fused-ring (bicyclic) bond motifs is 1. The van der Waals surface area contributed by atoms with Crippen LogP contribution in [0.25, 0.3) is 0 Å². The molecule has 0 spiro atoms. The first kappa shape index (κ1) is 17.9. The van der Waals surface area contributed by atoms with Gasteiger partial charge in [-0.25, -0.2) is 14.8 Å². The van der Waals surface area contributed by atoms with Crippen LogP contribution in [-0.2, 0) is 25.7 Å². The van der Waals surface area contributed by atoms with Gasteiger partial charge in [0.25, 0.3) is 11.8 Å². The molecule has 1 N–H and O–H groups in total. The molecule has 2 heterocycles. The molecule has 138 valence electrons. The molecule has 2 fully saturated rings. The van der Waals surface area contributed by atoms with E-state index in [0.717, 1.165) is 5.56 Å². The molecule has 3 rings (SSSR count). The van der Waals surface area contributed by atoms with Crippen molar-refractivity contribution in [1.82, 2.24) is 15.3 Å². The largest absolute Gasteiger partial charge is 0.445 e. The number of hydrazine groups is 1. The first-order chi connectivity index (χ1) is 12.4. The monoisotopic (exact) mass is 359 g/mol. The Hall–Kier alpha value is -2.90. The van der Waals surface area contributed by atoms with E-state index in [1.165, 1.54) is 16.9 Å². The Balaban J connectivity index is 1.72. The van der Waals surface area contributed by atoms with Crippen LogP contribution in [0, 0.1) is 5.92 Å². The lowest BCUT2D eigenvalue weighted by Crippen LogP contribution is -2.57. The minimum Gasteiger partial charge on any atom is -0.445 e. The number of nitrogens with one attached hydrogen (secondary N) is 1. The van der Waals surface area contributed by atoms with Gasteiger partial charge in [-0.3, -0.25) is 14.9 Å². The van der Waals surface area contributed by atoms with Gasteiger partial charge in [-0.1, -0.05) is 37.3 Å². The average Bonchev–Trinajstić information content (AvgIpc) is 2.82. The fourth-order valence-electron chi connectivity index (χ4n) is 3.29. The summed E-state index contributed by atoms with van der Waals surface area (Å²) in [4.78, 5) is 49.1. The third-order valence-electron chi connectivity index (χ3n) is 4.92. The number of benzene rings is 1. The molecule has 1 aromatic rings. The molecule has 3 atom stereocenters. The fourth-order valence-corrected chi connectivity index (χ4v) is 3.29. The van der Waals surface area contributed by atoms with E-state index in [4.69, 9.17) is 4.74 Å². The van der Waals surface area contributed by atoms with Crippen molar-refractivity contribution in [2.45, 2.75) is 38.5 Å². The zero-order chi connectivity index (χ0) is 18.9. The summed E-state index contributed by atoms with van der Waals surface area (Å²) in [5.41, 5.74) is -0.994. The molecular formula is C18H21N3O5. The lowest BCUT2D eigenvalue weighted by molar-refractivity contribution is -0.162. The van der Waals surface area contributed by atoms with E-state index in [1.54, 1.807) is 12.1 Å². The molecule has 2 saturated heterocycles. The van der Waals surface area contributed by atoms with E-state index in [-0.39, 0.29) is 12.5 Å². The highest BCUT2D eigenvalue weighted by Gasteiger charge is 2.60. The number of carbonyl (C=O) groups excluding carboxylic acids is 4. The molecule has 8 nitrogen and oxygen atoms in total. The van der Waals surface area contributed by atoms with E-state index in [9.17, 15) is 19.2 Å². The molecule has 8 heteroatoms. The second-order valence-electron chi connectivity index (χ2n) is 6.78. The lowest BCUT2D eigenvalue weighted by atomic mass is 9.96. The van der Waals surface area contributed by atoms with Gasteiger partial charge < -0.3 is 9.53 Å². The zero-order valence-corrected chi connectivity index (χ0v) is 14.7. The molecular weight excluding hydrogens is 338 g/mol. The number of hydrogen-bond donors (Lipinski definition) is 1. The number of carbonyl (C=O) groups is 4. The normalized spacial score (nSPS) is 27.9. The Morgan fingerprint density at radius 1 is 1.31 bits per heavy atom. The lowest BCUT2D eigenvalue weighted by Gasteiger charge is -2.39. The Kier molecular flexibility index (Phi) is 4.67. The van der Waals surface area contributed by atoms with Crippen molar-refractivity contribution in [3.8, 4) is 0 Å². The van der Waals surface area contributed by atoms with Crippen LogP contribution in [-0.4, -0.2) is 52.3 Å². The predicted molar refractivity (Wildman–Crippen MR) is 90.4 cm³/mol. The van der Waals surface area contributed by atoms with Crippen molar-refractivity contribution in [2.75, 3.05) is 6.54 Å². The second-order valence-corrected chi connectivity index (χ2v) is 6.78. The molecule has 0 aromatic heterocycles. The zero-order valence-electron chi connectivity index (χ0n) is 14.7. The van der Waals surface area contributed by atoms with Crippen LogP contribution in [0.3, 0.4) is 0 Å². The van der Waals surface area contributed by atoms with E-state index < -0.39 is 29.5 Å². The summed E-state index contributed by atoms with van der Waals surface area (Å²) in [6, 6.07) is 8.34. The molecule has 0 aliphatic carbocycles. The summed E-state index contributed by atoms with van der Waals surface area (Å²) >= 11 is 0. The smallest absolute Gasteiger partial charge is 0.408 e. The van der Waals surface area contributed by atoms with Crippen molar-refractivity contribution in [3.05, 3.63) is 35.9 Å². The maximum Gasteiger partial charge on any atom is 0.408 e. The average molecular weight is 359 g/mol.